The third-order valence-corrected chi connectivity index (χ3v) is 10.9. The lowest BCUT2D eigenvalue weighted by molar-refractivity contribution is -0.286. The molecule has 10 nitrogen and oxygen atoms in total. The second kappa shape index (κ2) is 13.3. The van der Waals surface area contributed by atoms with E-state index in [1.807, 2.05) is 65.5 Å². The topological polar surface area (TPSA) is 129 Å². The van der Waals surface area contributed by atoms with E-state index in [1.165, 1.54) is 31.4 Å². The number of ether oxygens (including phenoxy) is 4. The third kappa shape index (κ3) is 7.14. The Morgan fingerprint density at radius 2 is 1.30 bits per heavy atom. The minimum absolute atomic E-state index is 0.187. The van der Waals surface area contributed by atoms with Gasteiger partial charge in [0.05, 0.1) is 30.3 Å². The van der Waals surface area contributed by atoms with Crippen LogP contribution in [0.3, 0.4) is 0 Å². The van der Waals surface area contributed by atoms with Gasteiger partial charge in [0.25, 0.3) is 8.87 Å². The Bertz CT molecular complexity index is 1440. The average molecular weight is 591 g/mol. The Morgan fingerprint density at radius 1 is 0.775 bits per heavy atom. The summed E-state index contributed by atoms with van der Waals surface area (Å²) in [6.07, 6.45) is -3.08. The molecule has 5 atom stereocenters. The van der Waals surface area contributed by atoms with Crippen LogP contribution in [-0.2, 0) is 50.1 Å². The first-order valence-corrected chi connectivity index (χ1v) is 16.2. The van der Waals surface area contributed by atoms with Crippen LogP contribution in [0.1, 0.15) is 23.6 Å². The molecule has 1 aliphatic rings. The first-order valence-electron chi connectivity index (χ1n) is 12.7. The number of hydrazine groups is 1. The molecule has 2 N–H and O–H groups in total. The van der Waals surface area contributed by atoms with Gasteiger partial charge in [-0.3, -0.25) is 0 Å². The SMILES string of the molecule is CO[C@H]1O[C@H](C)[C@H](NNS(=O)(=O)S(=O)(=O)c2ccc(C)cc2)[C@H](OCc2ccccc2)[C@H]1OCc1ccccc1. The molecule has 12 heteroatoms. The van der Waals surface area contributed by atoms with Crippen molar-refractivity contribution in [1.82, 2.24) is 10.3 Å². The van der Waals surface area contributed by atoms with Gasteiger partial charge in [-0.05, 0) is 37.1 Å². The molecule has 0 aromatic heterocycles. The lowest BCUT2D eigenvalue weighted by Crippen LogP contribution is -2.66. The summed E-state index contributed by atoms with van der Waals surface area (Å²) in [7, 11) is -8.18. The van der Waals surface area contributed by atoms with Crippen molar-refractivity contribution in [3.8, 4) is 0 Å². The van der Waals surface area contributed by atoms with Crippen molar-refractivity contribution < 1.29 is 35.8 Å². The number of methoxy groups -OCH3 is 1. The second-order valence-corrected chi connectivity index (χ2v) is 14.6. The summed E-state index contributed by atoms with van der Waals surface area (Å²) in [5, 5.41) is 0. The van der Waals surface area contributed by atoms with E-state index < -0.39 is 48.6 Å². The van der Waals surface area contributed by atoms with Crippen molar-refractivity contribution in [3.05, 3.63) is 102 Å². The zero-order valence-electron chi connectivity index (χ0n) is 22.5. The fourth-order valence-electron chi connectivity index (χ4n) is 4.32. The summed E-state index contributed by atoms with van der Waals surface area (Å²) in [6, 6.07) is 23.7. The molecule has 3 aromatic carbocycles. The summed E-state index contributed by atoms with van der Waals surface area (Å²) < 4.78 is 75.9. The van der Waals surface area contributed by atoms with Crippen molar-refractivity contribution in [1.29, 1.82) is 0 Å². The van der Waals surface area contributed by atoms with Crippen LogP contribution < -0.4 is 10.3 Å². The number of hydrogen-bond acceptors (Lipinski definition) is 9. The summed E-state index contributed by atoms with van der Waals surface area (Å²) in [5.74, 6) is 0. The summed E-state index contributed by atoms with van der Waals surface area (Å²) in [5.41, 5.74) is 5.25. The summed E-state index contributed by atoms with van der Waals surface area (Å²) in [6.45, 7) is 3.88. The highest BCUT2D eigenvalue weighted by Crippen LogP contribution is 2.28. The largest absolute Gasteiger partial charge is 0.369 e. The highest BCUT2D eigenvalue weighted by molar-refractivity contribution is 8.66. The van der Waals surface area contributed by atoms with Crippen molar-refractivity contribution in [2.45, 2.75) is 62.6 Å². The Kier molecular flexibility index (Phi) is 10.1. The highest BCUT2D eigenvalue weighted by Gasteiger charge is 2.47. The van der Waals surface area contributed by atoms with E-state index in [0.29, 0.717) is 0 Å². The maximum Gasteiger partial charge on any atom is 0.334 e. The van der Waals surface area contributed by atoms with Crippen LogP contribution in [0.25, 0.3) is 0 Å². The van der Waals surface area contributed by atoms with E-state index in [-0.39, 0.29) is 18.1 Å². The summed E-state index contributed by atoms with van der Waals surface area (Å²) >= 11 is 0. The van der Waals surface area contributed by atoms with Crippen molar-refractivity contribution in [3.63, 3.8) is 0 Å². The van der Waals surface area contributed by atoms with Crippen LogP contribution in [0.5, 0.6) is 0 Å². The second-order valence-electron chi connectivity index (χ2n) is 9.46. The lowest BCUT2D eigenvalue weighted by atomic mass is 9.97. The molecular formula is C28H34N2O8S2. The van der Waals surface area contributed by atoms with Gasteiger partial charge < -0.3 is 18.9 Å². The van der Waals surface area contributed by atoms with Gasteiger partial charge in [0.15, 0.2) is 6.29 Å². The Labute approximate surface area is 234 Å². The van der Waals surface area contributed by atoms with Crippen LogP contribution in [0.2, 0.25) is 0 Å². The molecule has 3 aromatic rings. The normalized spacial score (nSPS) is 23.6. The van der Waals surface area contributed by atoms with E-state index in [9.17, 15) is 16.8 Å². The van der Waals surface area contributed by atoms with Gasteiger partial charge >= 0.3 is 9.06 Å². The maximum atomic E-state index is 13.0. The van der Waals surface area contributed by atoms with Gasteiger partial charge in [-0.25, -0.2) is 13.8 Å². The van der Waals surface area contributed by atoms with Gasteiger partial charge in [0.1, 0.15) is 12.2 Å². The van der Waals surface area contributed by atoms with Crippen LogP contribution in [0.15, 0.2) is 89.8 Å². The molecule has 216 valence electrons. The van der Waals surface area contributed by atoms with Crippen molar-refractivity contribution in [2.75, 3.05) is 7.11 Å². The molecule has 0 saturated carbocycles. The molecule has 0 radical (unpaired) electrons. The quantitative estimate of drug-likeness (QED) is 0.242. The fraction of sp³-hybridized carbons (Fsp3) is 0.357. The van der Waals surface area contributed by atoms with Gasteiger partial charge in [-0.15, -0.1) is 4.83 Å². The zero-order chi connectivity index (χ0) is 28.8. The minimum atomic E-state index is -4.90. The molecule has 1 fully saturated rings. The number of aryl methyl sites for hydroxylation is 1. The molecule has 1 heterocycles. The zero-order valence-corrected chi connectivity index (χ0v) is 24.1. The van der Waals surface area contributed by atoms with Crippen LogP contribution in [-0.4, -0.2) is 54.6 Å². The predicted molar refractivity (Wildman–Crippen MR) is 149 cm³/mol. The van der Waals surface area contributed by atoms with Gasteiger partial charge in [-0.1, -0.05) is 78.4 Å². The van der Waals surface area contributed by atoms with E-state index in [1.54, 1.807) is 13.8 Å². The minimum Gasteiger partial charge on any atom is -0.369 e. The van der Waals surface area contributed by atoms with E-state index in [0.717, 1.165) is 16.7 Å². The van der Waals surface area contributed by atoms with Crippen LogP contribution >= 0.6 is 0 Å². The maximum absolute atomic E-state index is 13.0. The van der Waals surface area contributed by atoms with Crippen molar-refractivity contribution >= 4 is 17.9 Å². The lowest BCUT2D eigenvalue weighted by Gasteiger charge is -2.45. The van der Waals surface area contributed by atoms with Crippen LogP contribution in [0.4, 0.5) is 0 Å². The monoisotopic (exact) mass is 590 g/mol. The Balaban J connectivity index is 1.58. The standard InChI is InChI=1S/C28H34N2O8S2/c1-20-14-16-24(17-15-20)39(31,32)40(33,34)30-29-25-21(2)38-28(35-3)27(37-19-23-12-8-5-9-13-23)26(25)36-18-22-10-6-4-7-11-22/h4-17,21,25-30H,18-19H2,1-3H3/t21-,25+,26+,27-,28+/m1/s1. The number of rotatable bonds is 12. The van der Waals surface area contributed by atoms with E-state index >= 15 is 0 Å². The summed E-state index contributed by atoms with van der Waals surface area (Å²) in [4.78, 5) is 1.70. The molecule has 1 aliphatic heterocycles. The van der Waals surface area contributed by atoms with Gasteiger partial charge in [-0.2, -0.15) is 8.42 Å². The predicted octanol–water partition coefficient (Wildman–Crippen LogP) is 3.04. The Morgan fingerprint density at radius 3 is 1.82 bits per heavy atom. The number of benzene rings is 3. The molecule has 0 amide bonds. The highest BCUT2D eigenvalue weighted by atomic mass is 33.2. The van der Waals surface area contributed by atoms with Gasteiger partial charge in [0.2, 0.25) is 0 Å². The van der Waals surface area contributed by atoms with Crippen molar-refractivity contribution in [2.24, 2.45) is 0 Å². The van der Waals surface area contributed by atoms with Crippen LogP contribution in [0, 0.1) is 6.92 Å². The van der Waals surface area contributed by atoms with E-state index in [2.05, 4.69) is 5.43 Å². The number of hydrogen-bond donors (Lipinski definition) is 2. The smallest absolute Gasteiger partial charge is 0.334 e. The first-order chi connectivity index (χ1) is 19.1. The van der Waals surface area contributed by atoms with E-state index in [4.69, 9.17) is 18.9 Å². The molecule has 0 bridgehead atoms. The number of nitrogens with one attached hydrogen (secondary N) is 2. The fourth-order valence-corrected chi connectivity index (χ4v) is 7.00. The first kappa shape index (κ1) is 30.3. The third-order valence-electron chi connectivity index (χ3n) is 6.55. The molecule has 40 heavy (non-hydrogen) atoms. The molecule has 0 unspecified atom stereocenters. The molecular weight excluding hydrogens is 556 g/mol. The average Bonchev–Trinajstić information content (AvgIpc) is 2.95. The molecule has 1 saturated heterocycles. The molecule has 0 spiro atoms. The Hall–Kier alpha value is -2.68. The van der Waals surface area contributed by atoms with Gasteiger partial charge in [0, 0.05) is 7.11 Å². The molecule has 0 aliphatic carbocycles. The molecule has 4 rings (SSSR count).